The average Bonchev–Trinajstić information content (AvgIpc) is 2.46. The van der Waals surface area contributed by atoms with Crippen molar-refractivity contribution < 1.29 is 9.67 Å². The fourth-order valence-electron chi connectivity index (χ4n) is 1.45. The predicted molar refractivity (Wildman–Crippen MR) is 55.8 cm³/mol. The summed E-state index contributed by atoms with van der Waals surface area (Å²) in [7, 11) is 0. The van der Waals surface area contributed by atoms with Crippen molar-refractivity contribution in [3.63, 3.8) is 0 Å². The highest BCUT2D eigenvalue weighted by molar-refractivity contribution is 4.67. The van der Waals surface area contributed by atoms with Gasteiger partial charge in [-0.1, -0.05) is 13.3 Å². The van der Waals surface area contributed by atoms with Crippen LogP contribution in [0.5, 0.6) is 0 Å². The molecular weight excluding hydrogens is 176 g/mol. The van der Waals surface area contributed by atoms with Crippen LogP contribution < -0.4 is 4.57 Å². The Bertz CT molecular complexity index is 273. The molecule has 1 N–H and O–H groups in total. The highest BCUT2D eigenvalue weighted by Gasteiger charge is 2.17. The molecule has 3 nitrogen and oxygen atoms in total. The molecule has 0 radical (unpaired) electrons. The Hall–Kier alpha value is -0.830. The summed E-state index contributed by atoms with van der Waals surface area (Å²) in [5.41, 5.74) is -0.637. The van der Waals surface area contributed by atoms with Crippen LogP contribution in [0.4, 0.5) is 0 Å². The van der Waals surface area contributed by atoms with Crippen molar-refractivity contribution in [2.45, 2.75) is 52.3 Å². The highest BCUT2D eigenvalue weighted by Crippen LogP contribution is 2.00. The predicted octanol–water partition coefficient (Wildman–Crippen LogP) is 1.35. The third kappa shape index (κ3) is 3.92. The number of nitrogens with zero attached hydrogens (tertiary/aromatic N) is 2. The molecule has 1 aromatic rings. The van der Waals surface area contributed by atoms with Crippen LogP contribution in [-0.4, -0.2) is 15.3 Å². The number of hydrogen-bond acceptors (Lipinski definition) is 1. The van der Waals surface area contributed by atoms with Gasteiger partial charge in [-0.15, -0.1) is 0 Å². The van der Waals surface area contributed by atoms with E-state index in [1.165, 1.54) is 12.8 Å². The molecule has 0 saturated carbocycles. The van der Waals surface area contributed by atoms with Crippen molar-refractivity contribution in [1.29, 1.82) is 0 Å². The molecule has 14 heavy (non-hydrogen) atoms. The van der Waals surface area contributed by atoms with Crippen molar-refractivity contribution >= 4 is 0 Å². The van der Waals surface area contributed by atoms with E-state index >= 15 is 0 Å². The van der Waals surface area contributed by atoms with Gasteiger partial charge in [-0.25, -0.2) is 9.13 Å². The molecule has 1 aromatic heterocycles. The molecule has 0 saturated heterocycles. The van der Waals surface area contributed by atoms with Crippen molar-refractivity contribution in [2.24, 2.45) is 0 Å². The first-order chi connectivity index (χ1) is 6.51. The zero-order valence-corrected chi connectivity index (χ0v) is 9.40. The van der Waals surface area contributed by atoms with Crippen LogP contribution in [0, 0.1) is 0 Å². The molecular formula is C11H21N2O+. The zero-order valence-electron chi connectivity index (χ0n) is 9.40. The van der Waals surface area contributed by atoms with Crippen LogP contribution in [0.25, 0.3) is 0 Å². The minimum Gasteiger partial charge on any atom is -0.386 e. The average molecular weight is 197 g/mol. The van der Waals surface area contributed by atoms with Gasteiger partial charge in [0.25, 0.3) is 0 Å². The normalized spacial score (nSPS) is 12.0. The zero-order chi connectivity index (χ0) is 10.6. The molecule has 0 spiro atoms. The van der Waals surface area contributed by atoms with Crippen LogP contribution in [0.3, 0.4) is 0 Å². The van der Waals surface area contributed by atoms with E-state index in [-0.39, 0.29) is 0 Å². The fourth-order valence-corrected chi connectivity index (χ4v) is 1.45. The van der Waals surface area contributed by atoms with Crippen LogP contribution >= 0.6 is 0 Å². The second-order valence-electron chi connectivity index (χ2n) is 4.49. The Balaban J connectivity index is 2.51. The van der Waals surface area contributed by atoms with Gasteiger partial charge in [0.1, 0.15) is 18.9 Å². The summed E-state index contributed by atoms with van der Waals surface area (Å²) in [5.74, 6) is 0. The van der Waals surface area contributed by atoms with Gasteiger partial charge < -0.3 is 5.11 Å². The van der Waals surface area contributed by atoms with Crippen molar-refractivity contribution in [3.05, 3.63) is 18.7 Å². The van der Waals surface area contributed by atoms with Gasteiger partial charge in [-0.2, -0.15) is 0 Å². The SMILES string of the molecule is CCCCn1cc[n+](CC(C)(C)O)c1. The number of rotatable bonds is 5. The minimum absolute atomic E-state index is 0.637. The Labute approximate surface area is 86.0 Å². The number of aromatic nitrogens is 2. The lowest BCUT2D eigenvalue weighted by Crippen LogP contribution is -2.43. The second kappa shape index (κ2) is 4.60. The Kier molecular flexibility index (Phi) is 3.69. The largest absolute Gasteiger partial charge is 0.386 e. The van der Waals surface area contributed by atoms with Gasteiger partial charge in [0.15, 0.2) is 0 Å². The molecule has 0 aromatic carbocycles. The second-order valence-corrected chi connectivity index (χ2v) is 4.49. The molecule has 0 aliphatic rings. The maximum Gasteiger partial charge on any atom is 0.243 e. The lowest BCUT2D eigenvalue weighted by Gasteiger charge is -2.13. The van der Waals surface area contributed by atoms with E-state index in [1.807, 2.05) is 30.9 Å². The molecule has 3 heteroatoms. The Morgan fingerprint density at radius 3 is 2.71 bits per heavy atom. The maximum atomic E-state index is 9.63. The highest BCUT2D eigenvalue weighted by atomic mass is 16.3. The van der Waals surface area contributed by atoms with E-state index in [0.717, 1.165) is 6.54 Å². The molecule has 80 valence electrons. The molecule has 0 aliphatic carbocycles. The van der Waals surface area contributed by atoms with Crippen molar-refractivity contribution in [1.82, 2.24) is 4.57 Å². The van der Waals surface area contributed by atoms with Crippen LogP contribution in [-0.2, 0) is 13.1 Å². The van der Waals surface area contributed by atoms with Crippen LogP contribution in [0.15, 0.2) is 18.7 Å². The first-order valence-electron chi connectivity index (χ1n) is 5.28. The molecule has 0 amide bonds. The van der Waals surface area contributed by atoms with Gasteiger partial charge >= 0.3 is 0 Å². The smallest absolute Gasteiger partial charge is 0.243 e. The third-order valence-corrected chi connectivity index (χ3v) is 2.09. The van der Waals surface area contributed by atoms with Gasteiger partial charge in [-0.3, -0.25) is 0 Å². The molecule has 0 unspecified atom stereocenters. The van der Waals surface area contributed by atoms with E-state index in [0.29, 0.717) is 6.54 Å². The van der Waals surface area contributed by atoms with Crippen LogP contribution in [0.1, 0.15) is 33.6 Å². The topological polar surface area (TPSA) is 29.0 Å². The lowest BCUT2D eigenvalue weighted by atomic mass is 10.1. The molecule has 0 aliphatic heterocycles. The lowest BCUT2D eigenvalue weighted by molar-refractivity contribution is -0.708. The maximum absolute atomic E-state index is 9.63. The van der Waals surface area contributed by atoms with E-state index in [4.69, 9.17) is 0 Å². The van der Waals surface area contributed by atoms with Gasteiger partial charge in [-0.05, 0) is 20.3 Å². The van der Waals surface area contributed by atoms with Gasteiger partial charge in [0.05, 0.1) is 12.1 Å². The standard InChI is InChI=1S/C11H21N2O/c1-4-5-6-12-7-8-13(10-12)9-11(2,3)14/h7-8,10,14H,4-6,9H2,1-3H3/q+1. The first kappa shape index (κ1) is 11.2. The van der Waals surface area contributed by atoms with Gasteiger partial charge in [0, 0.05) is 0 Å². The number of aryl methyl sites for hydroxylation is 1. The first-order valence-corrected chi connectivity index (χ1v) is 5.28. The number of imidazole rings is 1. The molecule has 1 heterocycles. The van der Waals surface area contributed by atoms with E-state index < -0.39 is 5.60 Å². The summed E-state index contributed by atoms with van der Waals surface area (Å²) in [6, 6.07) is 0. The van der Waals surface area contributed by atoms with Crippen molar-refractivity contribution in [2.75, 3.05) is 0 Å². The van der Waals surface area contributed by atoms with E-state index in [2.05, 4.69) is 17.7 Å². The summed E-state index contributed by atoms with van der Waals surface area (Å²) in [6.07, 6.45) is 8.53. The number of unbranched alkanes of at least 4 members (excludes halogenated alkanes) is 1. The molecule has 0 atom stereocenters. The Morgan fingerprint density at radius 1 is 1.43 bits per heavy atom. The summed E-state index contributed by atoms with van der Waals surface area (Å²) in [6.45, 7) is 7.54. The quantitative estimate of drug-likeness (QED) is 0.709. The van der Waals surface area contributed by atoms with Crippen LogP contribution in [0.2, 0.25) is 0 Å². The summed E-state index contributed by atoms with van der Waals surface area (Å²) >= 11 is 0. The molecule has 0 bridgehead atoms. The number of aliphatic hydroxyl groups is 1. The monoisotopic (exact) mass is 197 g/mol. The third-order valence-electron chi connectivity index (χ3n) is 2.09. The van der Waals surface area contributed by atoms with E-state index in [9.17, 15) is 5.11 Å². The van der Waals surface area contributed by atoms with Crippen molar-refractivity contribution in [3.8, 4) is 0 Å². The molecule has 0 fully saturated rings. The minimum atomic E-state index is -0.637. The van der Waals surface area contributed by atoms with Gasteiger partial charge in [0.2, 0.25) is 6.33 Å². The summed E-state index contributed by atoms with van der Waals surface area (Å²) in [4.78, 5) is 0. The summed E-state index contributed by atoms with van der Waals surface area (Å²) in [5, 5.41) is 9.63. The fraction of sp³-hybridized carbons (Fsp3) is 0.727. The summed E-state index contributed by atoms with van der Waals surface area (Å²) < 4.78 is 4.19. The van der Waals surface area contributed by atoms with E-state index in [1.54, 1.807) is 0 Å². The Morgan fingerprint density at radius 2 is 2.14 bits per heavy atom. The number of hydrogen-bond donors (Lipinski definition) is 1. The molecule has 1 rings (SSSR count).